The quantitative estimate of drug-likeness (QED) is 0.202. The third-order valence-electron chi connectivity index (χ3n) is 9.86. The Kier molecular flexibility index (Phi) is 8.80. The molecule has 1 saturated carbocycles. The van der Waals surface area contributed by atoms with Gasteiger partial charge in [0, 0.05) is 67.7 Å². The van der Waals surface area contributed by atoms with Crippen LogP contribution in [0.25, 0.3) is 39.1 Å². The minimum atomic E-state index is -0.780. The molecule has 12 nitrogen and oxygen atoms in total. The highest BCUT2D eigenvalue weighted by Crippen LogP contribution is 2.37. The standard InChI is InChI=1S/C37H38FN9O3S/c1-45-22-40-35(44-45)25-5-3-23(4-6-25)24-11-14-47(15-12-24)32(48)20-46-16-13-37(21-46,51-2)36(49)41-27-17-29-33(42-43-34(29)30(38)18-27)26-7-10-31(39-19-26)50-28-8-9-28/h3-7,10-11,17-19,22,28H,8-9,12-16,20-21H2,1-2H3,(H,41,49)(H,42,43). The van der Waals surface area contributed by atoms with Gasteiger partial charge in [-0.25, -0.2) is 14.4 Å². The molecule has 1 aliphatic carbocycles. The molecule has 8 rings (SSSR count). The number of rotatable bonds is 10. The Morgan fingerprint density at radius 1 is 1.08 bits per heavy atom. The number of carbonyl (C=O) groups excluding carboxylic acids is 2. The number of hydrogen-bond donors (Lipinski definition) is 2. The van der Waals surface area contributed by atoms with Gasteiger partial charge in [0.2, 0.25) is 17.7 Å². The predicted molar refractivity (Wildman–Crippen MR) is 194 cm³/mol. The van der Waals surface area contributed by atoms with Crippen LogP contribution in [-0.4, -0.2) is 101 Å². The van der Waals surface area contributed by atoms with Gasteiger partial charge in [0.25, 0.3) is 0 Å². The van der Waals surface area contributed by atoms with Crippen LogP contribution in [0.5, 0.6) is 5.88 Å². The van der Waals surface area contributed by atoms with Crippen LogP contribution in [0.4, 0.5) is 10.1 Å². The van der Waals surface area contributed by atoms with E-state index in [0.29, 0.717) is 61.1 Å². The van der Waals surface area contributed by atoms with E-state index in [1.165, 1.54) is 23.4 Å². The Morgan fingerprint density at radius 3 is 2.57 bits per heavy atom. The van der Waals surface area contributed by atoms with Gasteiger partial charge in [0.1, 0.15) is 22.7 Å². The number of benzene rings is 2. The number of ether oxygens (including phenoxy) is 1. The lowest BCUT2D eigenvalue weighted by Crippen LogP contribution is -2.45. The highest BCUT2D eigenvalue weighted by molar-refractivity contribution is 8.00. The van der Waals surface area contributed by atoms with Crippen LogP contribution in [0, 0.1) is 5.82 Å². The van der Waals surface area contributed by atoms with E-state index in [9.17, 15) is 9.59 Å². The summed E-state index contributed by atoms with van der Waals surface area (Å²) in [6, 6.07) is 14.9. The molecule has 1 atom stereocenters. The Labute approximate surface area is 298 Å². The number of likely N-dealkylation sites (tertiary alicyclic amines) is 1. The van der Waals surface area contributed by atoms with Crippen molar-refractivity contribution >= 4 is 45.7 Å². The summed E-state index contributed by atoms with van der Waals surface area (Å²) < 4.78 is 21.9. The van der Waals surface area contributed by atoms with Crippen LogP contribution in [-0.2, 0) is 16.6 Å². The smallest absolute Gasteiger partial charge is 0.241 e. The van der Waals surface area contributed by atoms with Crippen LogP contribution in [0.1, 0.15) is 31.2 Å². The van der Waals surface area contributed by atoms with Crippen molar-refractivity contribution < 1.29 is 18.7 Å². The van der Waals surface area contributed by atoms with Crippen molar-refractivity contribution in [3.8, 4) is 28.5 Å². The maximum absolute atomic E-state index is 15.2. The van der Waals surface area contributed by atoms with E-state index in [1.807, 2.05) is 41.3 Å². The number of H-pyrrole nitrogens is 1. The highest BCUT2D eigenvalue weighted by Gasteiger charge is 2.45. The van der Waals surface area contributed by atoms with E-state index in [2.05, 4.69) is 48.8 Å². The van der Waals surface area contributed by atoms with Gasteiger partial charge < -0.3 is 15.0 Å². The summed E-state index contributed by atoms with van der Waals surface area (Å²) >= 11 is 1.46. The van der Waals surface area contributed by atoms with Crippen molar-refractivity contribution in [2.45, 2.75) is 36.5 Å². The van der Waals surface area contributed by atoms with E-state index in [0.717, 1.165) is 36.0 Å². The second kappa shape index (κ2) is 13.6. The number of carbonyl (C=O) groups is 2. The molecule has 3 aliphatic rings. The largest absolute Gasteiger partial charge is 0.474 e. The number of aromatic nitrogens is 6. The normalized spacial score (nSPS) is 19.4. The van der Waals surface area contributed by atoms with E-state index >= 15 is 4.39 Å². The van der Waals surface area contributed by atoms with Gasteiger partial charge in [-0.1, -0.05) is 30.3 Å². The molecular weight excluding hydrogens is 670 g/mol. The summed E-state index contributed by atoms with van der Waals surface area (Å²) in [5.74, 6) is 0.532. The van der Waals surface area contributed by atoms with Gasteiger partial charge in [0.05, 0.1) is 12.2 Å². The maximum Gasteiger partial charge on any atom is 0.241 e. The first-order valence-corrected chi connectivity index (χ1v) is 18.3. The molecule has 0 bridgehead atoms. The van der Waals surface area contributed by atoms with Crippen LogP contribution >= 0.6 is 11.8 Å². The third-order valence-corrected chi connectivity index (χ3v) is 11.2. The second-order valence-electron chi connectivity index (χ2n) is 13.4. The first kappa shape index (κ1) is 33.1. The number of amides is 2. The molecule has 262 valence electrons. The van der Waals surface area contributed by atoms with Crippen molar-refractivity contribution in [2.24, 2.45) is 7.05 Å². The average Bonchev–Trinajstić information content (AvgIpc) is 3.47. The van der Waals surface area contributed by atoms with Gasteiger partial charge >= 0.3 is 0 Å². The van der Waals surface area contributed by atoms with Crippen LogP contribution in [0.3, 0.4) is 0 Å². The zero-order valence-corrected chi connectivity index (χ0v) is 29.3. The van der Waals surface area contributed by atoms with Crippen molar-refractivity contribution in [3.05, 3.63) is 78.5 Å². The molecule has 1 unspecified atom stereocenters. The Hall–Kier alpha value is -5.08. The molecule has 2 N–H and O–H groups in total. The summed E-state index contributed by atoms with van der Waals surface area (Å²) in [6.07, 6.45) is 11.0. The summed E-state index contributed by atoms with van der Waals surface area (Å²) in [5, 5.41) is 15.0. The molecule has 0 radical (unpaired) electrons. The molecule has 1 saturated heterocycles. The summed E-state index contributed by atoms with van der Waals surface area (Å²) in [4.78, 5) is 39.8. The van der Waals surface area contributed by atoms with Crippen LogP contribution in [0.15, 0.2) is 67.1 Å². The number of nitrogens with zero attached hydrogens (tertiary/aromatic N) is 7. The fourth-order valence-electron chi connectivity index (χ4n) is 6.76. The number of aromatic amines is 1. The van der Waals surface area contributed by atoms with E-state index in [-0.39, 0.29) is 30.0 Å². The minimum Gasteiger partial charge on any atom is -0.474 e. The Morgan fingerprint density at radius 2 is 1.88 bits per heavy atom. The summed E-state index contributed by atoms with van der Waals surface area (Å²) in [6.45, 7) is 2.44. The number of anilines is 1. The molecule has 3 aromatic heterocycles. The zero-order chi connectivity index (χ0) is 35.1. The maximum atomic E-state index is 15.2. The lowest BCUT2D eigenvalue weighted by molar-refractivity contribution is -0.132. The average molecular weight is 708 g/mol. The number of fused-ring (bicyclic) bond motifs is 1. The molecule has 0 spiro atoms. The first-order valence-electron chi connectivity index (χ1n) is 17.1. The number of thioether (sulfide) groups is 1. The van der Waals surface area contributed by atoms with Crippen LogP contribution in [0.2, 0.25) is 0 Å². The van der Waals surface area contributed by atoms with Gasteiger partial charge in [-0.3, -0.25) is 24.3 Å². The van der Waals surface area contributed by atoms with E-state index in [1.54, 1.807) is 29.3 Å². The van der Waals surface area contributed by atoms with Crippen molar-refractivity contribution in [3.63, 3.8) is 0 Å². The molecule has 2 fully saturated rings. The zero-order valence-electron chi connectivity index (χ0n) is 28.4. The van der Waals surface area contributed by atoms with Crippen molar-refractivity contribution in [1.29, 1.82) is 0 Å². The third kappa shape index (κ3) is 6.85. The number of aryl methyl sites for hydroxylation is 1. The van der Waals surface area contributed by atoms with Gasteiger partial charge in [-0.2, -0.15) is 10.2 Å². The monoisotopic (exact) mass is 707 g/mol. The van der Waals surface area contributed by atoms with Crippen molar-refractivity contribution in [2.75, 3.05) is 44.3 Å². The topological polar surface area (TPSA) is 134 Å². The lowest BCUT2D eigenvalue weighted by atomic mass is 9.98. The van der Waals surface area contributed by atoms with Gasteiger partial charge in [-0.05, 0) is 61.3 Å². The SMILES string of the molecule is CSC1(C(=O)Nc2cc(F)c3n[nH]c(-c4ccc(OC5CC5)nc4)c3c2)CCN(CC(=O)N2CC=C(c3ccc(-c4ncn(C)n4)cc3)CC2)C1. The van der Waals surface area contributed by atoms with Gasteiger partial charge in [0.15, 0.2) is 11.6 Å². The Bertz CT molecular complexity index is 2130. The number of hydrogen-bond acceptors (Lipinski definition) is 9. The van der Waals surface area contributed by atoms with E-state index in [4.69, 9.17) is 4.74 Å². The molecule has 5 heterocycles. The predicted octanol–water partition coefficient (Wildman–Crippen LogP) is 5.16. The molecule has 5 aromatic rings. The minimum absolute atomic E-state index is 0.0424. The fraction of sp³-hybridized carbons (Fsp3) is 0.351. The fourth-order valence-corrected chi connectivity index (χ4v) is 7.60. The molecule has 51 heavy (non-hydrogen) atoms. The lowest BCUT2D eigenvalue weighted by Gasteiger charge is -2.29. The van der Waals surface area contributed by atoms with Crippen LogP contribution < -0.4 is 10.1 Å². The molecular formula is C37H38FN9O3S. The summed E-state index contributed by atoms with van der Waals surface area (Å²) in [5.41, 5.74) is 5.16. The highest BCUT2D eigenvalue weighted by atomic mass is 32.2. The molecule has 14 heteroatoms. The van der Waals surface area contributed by atoms with Gasteiger partial charge in [-0.15, -0.1) is 11.8 Å². The van der Waals surface area contributed by atoms with Crippen molar-refractivity contribution in [1.82, 2.24) is 39.7 Å². The Balaban J connectivity index is 0.889. The molecule has 2 amide bonds. The molecule has 2 aliphatic heterocycles. The van der Waals surface area contributed by atoms with E-state index < -0.39 is 10.6 Å². The first-order chi connectivity index (χ1) is 24.8. The number of nitrogens with one attached hydrogen (secondary N) is 2. The second-order valence-corrected chi connectivity index (χ2v) is 14.6. The molecule has 2 aromatic carbocycles. The number of pyridine rings is 1. The number of halogens is 1. The summed E-state index contributed by atoms with van der Waals surface area (Å²) in [7, 11) is 1.85.